The second-order valence-electron chi connectivity index (χ2n) is 5.01. The van der Waals surface area contributed by atoms with E-state index >= 15 is 0 Å². The fraction of sp³-hybridized carbons (Fsp3) is 0.438. The number of aromatic nitrogens is 1. The number of pyridine rings is 1. The summed E-state index contributed by atoms with van der Waals surface area (Å²) in [6.07, 6.45) is 1.06. The number of hydrogen-bond acceptors (Lipinski definition) is 4. The zero-order chi connectivity index (χ0) is 14.4. The van der Waals surface area contributed by atoms with Gasteiger partial charge in [-0.15, -0.1) is 11.3 Å². The van der Waals surface area contributed by atoms with Crippen LogP contribution in [0.5, 0.6) is 0 Å². The molecule has 0 aliphatic carbocycles. The van der Waals surface area contributed by atoms with Crippen LogP contribution in [0.1, 0.15) is 24.4 Å². The van der Waals surface area contributed by atoms with Gasteiger partial charge in [0, 0.05) is 30.9 Å². The van der Waals surface area contributed by atoms with Crippen LogP contribution in [0.3, 0.4) is 0 Å². The summed E-state index contributed by atoms with van der Waals surface area (Å²) in [5, 5.41) is 5.45. The van der Waals surface area contributed by atoms with Crippen molar-refractivity contribution in [1.82, 2.24) is 10.3 Å². The number of hydrogen-bond donors (Lipinski definition) is 1. The van der Waals surface area contributed by atoms with Gasteiger partial charge >= 0.3 is 0 Å². The van der Waals surface area contributed by atoms with Gasteiger partial charge in [-0.2, -0.15) is 0 Å². The Kier molecular flexibility index (Phi) is 5.56. The lowest BCUT2D eigenvalue weighted by Crippen LogP contribution is -2.31. The predicted octanol–water partition coefficient (Wildman–Crippen LogP) is 3.32. The third-order valence-corrected chi connectivity index (χ3v) is 4.35. The van der Waals surface area contributed by atoms with E-state index in [0.717, 1.165) is 31.0 Å². The van der Waals surface area contributed by atoms with Crippen LogP contribution in [-0.2, 0) is 13.0 Å². The molecule has 20 heavy (non-hydrogen) atoms. The van der Waals surface area contributed by atoms with E-state index in [1.807, 2.05) is 11.3 Å². The Labute approximate surface area is 125 Å². The molecule has 108 valence electrons. The first-order valence-corrected chi connectivity index (χ1v) is 8.00. The molecule has 1 unspecified atom stereocenters. The molecule has 1 N–H and O–H groups in total. The highest BCUT2D eigenvalue weighted by Gasteiger charge is 2.12. The number of nitrogens with one attached hydrogen (secondary N) is 1. The highest BCUT2D eigenvalue weighted by molar-refractivity contribution is 7.09. The molecule has 2 heterocycles. The number of likely N-dealkylation sites (N-methyl/N-ethyl adjacent to an activating group) is 1. The largest absolute Gasteiger partial charge is 0.357 e. The fourth-order valence-electron chi connectivity index (χ4n) is 2.10. The van der Waals surface area contributed by atoms with Crippen molar-refractivity contribution in [2.24, 2.45) is 0 Å². The van der Waals surface area contributed by atoms with Gasteiger partial charge in [0.05, 0.1) is 5.69 Å². The van der Waals surface area contributed by atoms with Gasteiger partial charge in [0.25, 0.3) is 0 Å². The molecule has 0 saturated heterocycles. The van der Waals surface area contributed by atoms with Crippen molar-refractivity contribution in [3.8, 4) is 0 Å². The zero-order valence-electron chi connectivity index (χ0n) is 12.5. The van der Waals surface area contributed by atoms with Crippen LogP contribution in [0.25, 0.3) is 0 Å². The molecule has 1 atom stereocenters. The molecule has 3 nitrogen and oxygen atoms in total. The summed E-state index contributed by atoms with van der Waals surface area (Å²) in [5.41, 5.74) is 1.10. The molecule has 2 rings (SSSR count). The fourth-order valence-corrected chi connectivity index (χ4v) is 2.92. The summed E-state index contributed by atoms with van der Waals surface area (Å²) in [5.74, 6) is 1.05. The van der Waals surface area contributed by atoms with Crippen LogP contribution < -0.4 is 10.2 Å². The van der Waals surface area contributed by atoms with Gasteiger partial charge in [0.15, 0.2) is 0 Å². The lowest BCUT2D eigenvalue weighted by molar-refractivity contribution is 0.670. The van der Waals surface area contributed by atoms with Crippen LogP contribution in [0, 0.1) is 0 Å². The Morgan fingerprint density at radius 2 is 2.15 bits per heavy atom. The standard InChI is InChI=1S/C16H23N3S/c1-4-17-12-14-7-5-9-16(18-14)19(3)13(2)11-15-8-6-10-20-15/h5-10,13,17H,4,11-12H2,1-3H3. The van der Waals surface area contributed by atoms with E-state index < -0.39 is 0 Å². The smallest absolute Gasteiger partial charge is 0.128 e. The van der Waals surface area contributed by atoms with E-state index in [1.54, 1.807) is 0 Å². The quantitative estimate of drug-likeness (QED) is 0.847. The lowest BCUT2D eigenvalue weighted by Gasteiger charge is -2.26. The van der Waals surface area contributed by atoms with Crippen LogP contribution in [0.4, 0.5) is 5.82 Å². The van der Waals surface area contributed by atoms with E-state index in [4.69, 9.17) is 4.98 Å². The van der Waals surface area contributed by atoms with Gasteiger partial charge < -0.3 is 10.2 Å². The predicted molar refractivity (Wildman–Crippen MR) is 87.5 cm³/mol. The van der Waals surface area contributed by atoms with Crippen LogP contribution in [0.15, 0.2) is 35.7 Å². The van der Waals surface area contributed by atoms with E-state index in [0.29, 0.717) is 6.04 Å². The second kappa shape index (κ2) is 7.41. The van der Waals surface area contributed by atoms with E-state index in [-0.39, 0.29) is 0 Å². The normalized spacial score (nSPS) is 12.3. The van der Waals surface area contributed by atoms with Gasteiger partial charge in [-0.1, -0.05) is 19.1 Å². The Hall–Kier alpha value is -1.39. The van der Waals surface area contributed by atoms with Gasteiger partial charge in [-0.25, -0.2) is 4.98 Å². The monoisotopic (exact) mass is 289 g/mol. The summed E-state index contributed by atoms with van der Waals surface area (Å²) in [4.78, 5) is 8.41. The topological polar surface area (TPSA) is 28.2 Å². The van der Waals surface area contributed by atoms with E-state index in [9.17, 15) is 0 Å². The first kappa shape index (κ1) is 15.0. The lowest BCUT2D eigenvalue weighted by atomic mass is 10.2. The number of thiophene rings is 1. The van der Waals surface area contributed by atoms with E-state index in [2.05, 4.69) is 66.8 Å². The van der Waals surface area contributed by atoms with Crippen LogP contribution >= 0.6 is 11.3 Å². The Morgan fingerprint density at radius 3 is 2.85 bits per heavy atom. The van der Waals surface area contributed by atoms with Gasteiger partial charge in [0.2, 0.25) is 0 Å². The molecule has 0 saturated carbocycles. The first-order valence-electron chi connectivity index (χ1n) is 7.12. The second-order valence-corrected chi connectivity index (χ2v) is 6.04. The Morgan fingerprint density at radius 1 is 1.30 bits per heavy atom. The first-order chi connectivity index (χ1) is 9.70. The van der Waals surface area contributed by atoms with Crippen molar-refractivity contribution >= 4 is 17.2 Å². The third-order valence-electron chi connectivity index (χ3n) is 3.45. The maximum atomic E-state index is 4.73. The van der Waals surface area contributed by atoms with Crippen molar-refractivity contribution in [2.75, 3.05) is 18.5 Å². The highest BCUT2D eigenvalue weighted by Crippen LogP contribution is 2.18. The Bertz CT molecular complexity index is 510. The maximum Gasteiger partial charge on any atom is 0.128 e. The zero-order valence-corrected chi connectivity index (χ0v) is 13.3. The number of nitrogens with zero attached hydrogens (tertiary/aromatic N) is 2. The minimum atomic E-state index is 0.440. The van der Waals surface area contributed by atoms with Crippen LogP contribution in [0.2, 0.25) is 0 Å². The molecule has 0 radical (unpaired) electrons. The molecule has 0 bridgehead atoms. The third kappa shape index (κ3) is 4.05. The van der Waals surface area contributed by atoms with Crippen LogP contribution in [-0.4, -0.2) is 24.6 Å². The minimum absolute atomic E-state index is 0.440. The molecule has 4 heteroatoms. The minimum Gasteiger partial charge on any atom is -0.357 e. The van der Waals surface area contributed by atoms with Crippen molar-refractivity contribution in [1.29, 1.82) is 0 Å². The van der Waals surface area contributed by atoms with Crippen molar-refractivity contribution in [3.05, 3.63) is 46.3 Å². The van der Waals surface area contributed by atoms with Gasteiger partial charge in [-0.3, -0.25) is 0 Å². The van der Waals surface area contributed by atoms with Crippen molar-refractivity contribution in [3.63, 3.8) is 0 Å². The maximum absolute atomic E-state index is 4.73. The van der Waals surface area contributed by atoms with Crippen molar-refractivity contribution < 1.29 is 0 Å². The van der Waals surface area contributed by atoms with Crippen molar-refractivity contribution in [2.45, 2.75) is 32.9 Å². The Balaban J connectivity index is 2.02. The molecule has 2 aromatic rings. The molecular weight excluding hydrogens is 266 g/mol. The molecule has 0 aliphatic rings. The average molecular weight is 289 g/mol. The molecule has 0 amide bonds. The summed E-state index contributed by atoms with van der Waals surface area (Å²) >= 11 is 1.82. The number of anilines is 1. The summed E-state index contributed by atoms with van der Waals surface area (Å²) < 4.78 is 0. The molecule has 2 aromatic heterocycles. The highest BCUT2D eigenvalue weighted by atomic mass is 32.1. The van der Waals surface area contributed by atoms with E-state index in [1.165, 1.54) is 4.88 Å². The molecule has 0 aliphatic heterocycles. The molecule has 0 aromatic carbocycles. The molecule has 0 fully saturated rings. The summed E-state index contributed by atoms with van der Waals surface area (Å²) in [6.45, 7) is 6.16. The number of rotatable bonds is 7. The van der Waals surface area contributed by atoms with Gasteiger partial charge in [0.1, 0.15) is 5.82 Å². The summed E-state index contributed by atoms with van der Waals surface area (Å²) in [6, 6.07) is 11.0. The molecule has 0 spiro atoms. The van der Waals surface area contributed by atoms with Gasteiger partial charge in [-0.05, 0) is 37.0 Å². The molecular formula is C16H23N3S. The SMILES string of the molecule is CCNCc1cccc(N(C)C(C)Cc2cccs2)n1. The summed E-state index contributed by atoms with van der Waals surface area (Å²) in [7, 11) is 2.12. The average Bonchev–Trinajstić information content (AvgIpc) is 2.97.